The van der Waals surface area contributed by atoms with Crippen LogP contribution in [0.3, 0.4) is 0 Å². The van der Waals surface area contributed by atoms with E-state index >= 15 is 0 Å². The lowest BCUT2D eigenvalue weighted by Crippen LogP contribution is -2.05. The minimum Gasteiger partial charge on any atom is -0.380 e. The first-order valence-corrected chi connectivity index (χ1v) is 8.00. The second kappa shape index (κ2) is 6.54. The van der Waals surface area contributed by atoms with Gasteiger partial charge in [-0.2, -0.15) is 0 Å². The van der Waals surface area contributed by atoms with Crippen molar-refractivity contribution in [2.24, 2.45) is 0 Å². The van der Waals surface area contributed by atoms with E-state index in [1.165, 1.54) is 11.8 Å². The number of nitrogens with one attached hydrogen (secondary N) is 2. The van der Waals surface area contributed by atoms with E-state index < -0.39 is 0 Å². The number of benzene rings is 1. The van der Waals surface area contributed by atoms with Gasteiger partial charge in [-0.1, -0.05) is 0 Å². The summed E-state index contributed by atoms with van der Waals surface area (Å²) in [6, 6.07) is 9.74. The van der Waals surface area contributed by atoms with Crippen LogP contribution < -0.4 is 10.6 Å². The van der Waals surface area contributed by atoms with Crippen LogP contribution in [0.4, 0.5) is 11.4 Å². The summed E-state index contributed by atoms with van der Waals surface area (Å²) in [5.41, 5.74) is 1.83. The molecule has 1 amide bonds. The quantitative estimate of drug-likeness (QED) is 0.766. The number of amides is 1. The van der Waals surface area contributed by atoms with Gasteiger partial charge in [0.05, 0.1) is 3.79 Å². The fourth-order valence-electron chi connectivity index (χ4n) is 1.54. The Balaban J connectivity index is 1.94. The predicted molar refractivity (Wildman–Crippen MR) is 87.8 cm³/mol. The Morgan fingerprint density at radius 2 is 1.84 bits per heavy atom. The molecular formula is C13H12Br2N2OS. The van der Waals surface area contributed by atoms with Crippen LogP contribution in [-0.4, -0.2) is 5.91 Å². The maximum Gasteiger partial charge on any atom is 0.221 e. The number of rotatable bonds is 4. The Bertz CT molecular complexity index is 561. The number of anilines is 2. The van der Waals surface area contributed by atoms with E-state index in [0.717, 1.165) is 26.2 Å². The fraction of sp³-hybridized carbons (Fsp3) is 0.154. The molecule has 0 fully saturated rings. The zero-order valence-electron chi connectivity index (χ0n) is 10.2. The van der Waals surface area contributed by atoms with Gasteiger partial charge < -0.3 is 10.6 Å². The second-order valence-electron chi connectivity index (χ2n) is 3.95. The Morgan fingerprint density at radius 3 is 2.37 bits per heavy atom. The number of thiophene rings is 1. The minimum absolute atomic E-state index is 0.0611. The number of hydrogen-bond donors (Lipinski definition) is 2. The van der Waals surface area contributed by atoms with E-state index in [9.17, 15) is 4.79 Å². The van der Waals surface area contributed by atoms with Crippen LogP contribution in [0, 0.1) is 0 Å². The summed E-state index contributed by atoms with van der Waals surface area (Å²) >= 11 is 8.64. The van der Waals surface area contributed by atoms with Crippen molar-refractivity contribution in [1.29, 1.82) is 0 Å². The molecule has 2 rings (SSSR count). The maximum absolute atomic E-state index is 10.9. The van der Waals surface area contributed by atoms with Crippen molar-refractivity contribution in [3.05, 3.63) is 43.5 Å². The largest absolute Gasteiger partial charge is 0.380 e. The van der Waals surface area contributed by atoms with E-state index in [-0.39, 0.29) is 5.91 Å². The molecule has 0 aliphatic carbocycles. The maximum atomic E-state index is 10.9. The summed E-state index contributed by atoms with van der Waals surface area (Å²) < 4.78 is 2.18. The molecule has 0 unspecified atom stereocenters. The monoisotopic (exact) mass is 402 g/mol. The van der Waals surface area contributed by atoms with Gasteiger partial charge in [0.2, 0.25) is 5.91 Å². The van der Waals surface area contributed by atoms with Gasteiger partial charge in [0.25, 0.3) is 0 Å². The fourth-order valence-corrected chi connectivity index (χ4v) is 3.66. The van der Waals surface area contributed by atoms with Crippen LogP contribution in [0.15, 0.2) is 38.6 Å². The first-order valence-electron chi connectivity index (χ1n) is 5.60. The van der Waals surface area contributed by atoms with E-state index in [1.54, 1.807) is 11.3 Å². The SMILES string of the molecule is CC(=O)Nc1ccc(NCc2cc(Br)c(Br)s2)cc1. The van der Waals surface area contributed by atoms with E-state index in [2.05, 4.69) is 48.6 Å². The van der Waals surface area contributed by atoms with E-state index in [4.69, 9.17) is 0 Å². The summed E-state index contributed by atoms with van der Waals surface area (Å²) in [6.07, 6.45) is 0. The van der Waals surface area contributed by atoms with Gasteiger partial charge in [-0.25, -0.2) is 0 Å². The van der Waals surface area contributed by atoms with Crippen LogP contribution in [-0.2, 0) is 11.3 Å². The number of halogens is 2. The topological polar surface area (TPSA) is 41.1 Å². The van der Waals surface area contributed by atoms with Gasteiger partial charge in [-0.05, 0) is 62.2 Å². The molecule has 6 heteroatoms. The molecule has 1 aromatic carbocycles. The number of hydrogen-bond acceptors (Lipinski definition) is 3. The molecule has 19 heavy (non-hydrogen) atoms. The molecule has 0 aliphatic heterocycles. The van der Waals surface area contributed by atoms with Crippen LogP contribution >= 0.6 is 43.2 Å². The first-order chi connectivity index (χ1) is 9.04. The molecule has 0 saturated carbocycles. The van der Waals surface area contributed by atoms with Gasteiger partial charge in [-0.15, -0.1) is 11.3 Å². The first kappa shape index (κ1) is 14.6. The highest BCUT2D eigenvalue weighted by Crippen LogP contribution is 2.32. The summed E-state index contributed by atoms with van der Waals surface area (Å²) in [5, 5.41) is 6.08. The minimum atomic E-state index is -0.0611. The smallest absolute Gasteiger partial charge is 0.221 e. The highest BCUT2D eigenvalue weighted by molar-refractivity contribution is 9.13. The normalized spacial score (nSPS) is 10.3. The van der Waals surface area contributed by atoms with Crippen LogP contribution in [0.25, 0.3) is 0 Å². The number of carbonyl (C=O) groups excluding carboxylic acids is 1. The molecule has 0 saturated heterocycles. The molecular weight excluding hydrogens is 392 g/mol. The third-order valence-corrected chi connectivity index (χ3v) is 5.62. The molecule has 2 aromatic rings. The molecule has 0 aliphatic rings. The van der Waals surface area contributed by atoms with Crippen LogP contribution in [0.1, 0.15) is 11.8 Å². The molecule has 100 valence electrons. The molecule has 0 atom stereocenters. The molecule has 0 bridgehead atoms. The predicted octanol–water partition coefficient (Wildman–Crippen LogP) is 4.84. The molecule has 0 spiro atoms. The lowest BCUT2D eigenvalue weighted by Gasteiger charge is -2.06. The van der Waals surface area contributed by atoms with Crippen molar-refractivity contribution in [1.82, 2.24) is 0 Å². The summed E-state index contributed by atoms with van der Waals surface area (Å²) in [5.74, 6) is -0.0611. The Hall–Kier alpha value is -0.850. The third-order valence-electron chi connectivity index (χ3n) is 2.37. The number of carbonyl (C=O) groups is 1. The average molecular weight is 404 g/mol. The summed E-state index contributed by atoms with van der Waals surface area (Å²) in [7, 11) is 0. The zero-order valence-corrected chi connectivity index (χ0v) is 14.2. The van der Waals surface area contributed by atoms with Gasteiger partial charge in [0.15, 0.2) is 0 Å². The van der Waals surface area contributed by atoms with Crippen molar-refractivity contribution in [3.63, 3.8) is 0 Å². The molecule has 3 nitrogen and oxygen atoms in total. The molecule has 1 heterocycles. The van der Waals surface area contributed by atoms with Gasteiger partial charge in [0.1, 0.15) is 0 Å². The Kier molecular flexibility index (Phi) is 5.01. The zero-order chi connectivity index (χ0) is 13.8. The van der Waals surface area contributed by atoms with Gasteiger partial charge in [-0.3, -0.25) is 4.79 Å². The standard InChI is InChI=1S/C13H12Br2N2OS/c1-8(18)17-10-4-2-9(3-5-10)16-7-11-6-12(14)13(15)19-11/h2-6,16H,7H2,1H3,(H,17,18). The van der Waals surface area contributed by atoms with E-state index in [0.29, 0.717) is 0 Å². The van der Waals surface area contributed by atoms with Crippen molar-refractivity contribution >= 4 is 60.5 Å². The van der Waals surface area contributed by atoms with Crippen molar-refractivity contribution < 1.29 is 4.79 Å². The molecule has 2 N–H and O–H groups in total. The molecule has 0 radical (unpaired) electrons. The Morgan fingerprint density at radius 1 is 1.21 bits per heavy atom. The van der Waals surface area contributed by atoms with Gasteiger partial charge in [0, 0.05) is 34.2 Å². The second-order valence-corrected chi connectivity index (χ2v) is 7.26. The average Bonchev–Trinajstić information content (AvgIpc) is 2.67. The van der Waals surface area contributed by atoms with Crippen molar-refractivity contribution in [2.75, 3.05) is 10.6 Å². The summed E-state index contributed by atoms with van der Waals surface area (Å²) in [6.45, 7) is 2.27. The lowest BCUT2D eigenvalue weighted by atomic mass is 10.2. The van der Waals surface area contributed by atoms with Crippen molar-refractivity contribution in [2.45, 2.75) is 13.5 Å². The highest BCUT2D eigenvalue weighted by atomic mass is 79.9. The third kappa shape index (κ3) is 4.33. The van der Waals surface area contributed by atoms with E-state index in [1.807, 2.05) is 24.3 Å². The van der Waals surface area contributed by atoms with Crippen LogP contribution in [0.5, 0.6) is 0 Å². The van der Waals surface area contributed by atoms with Crippen molar-refractivity contribution in [3.8, 4) is 0 Å². The van der Waals surface area contributed by atoms with Crippen LogP contribution in [0.2, 0.25) is 0 Å². The highest BCUT2D eigenvalue weighted by Gasteiger charge is 2.04. The lowest BCUT2D eigenvalue weighted by molar-refractivity contribution is -0.114. The summed E-state index contributed by atoms with van der Waals surface area (Å²) in [4.78, 5) is 12.1. The molecule has 1 aromatic heterocycles. The van der Waals surface area contributed by atoms with Gasteiger partial charge >= 0.3 is 0 Å². The Labute approximate surface area is 132 Å².